The molecule has 0 heterocycles. The average molecular weight is 253 g/mol. The molecule has 0 radical (unpaired) electrons. The smallest absolute Gasteiger partial charge is 0.251 e. The highest BCUT2D eigenvalue weighted by atomic mass is 16.6. The molecular formula is C16H15NO2. The molecule has 0 fully saturated rings. The Hall–Kier alpha value is -2.42. The maximum Gasteiger partial charge on any atom is 0.251 e. The molecule has 0 aromatic heterocycles. The summed E-state index contributed by atoms with van der Waals surface area (Å²) in [5.74, 6) is 0. The molecule has 0 unspecified atom stereocenters. The van der Waals surface area contributed by atoms with Crippen molar-refractivity contribution in [2.75, 3.05) is 0 Å². The Morgan fingerprint density at radius 2 is 1.74 bits per heavy atom. The van der Waals surface area contributed by atoms with Crippen LogP contribution in [0.4, 0.5) is 0 Å². The van der Waals surface area contributed by atoms with E-state index in [1.54, 1.807) is 6.08 Å². The molecule has 3 nitrogen and oxygen atoms in total. The fourth-order valence-corrected chi connectivity index (χ4v) is 1.90. The van der Waals surface area contributed by atoms with E-state index < -0.39 is 0 Å². The molecule has 0 aliphatic carbocycles. The topological polar surface area (TPSA) is 43.1 Å². The zero-order valence-corrected chi connectivity index (χ0v) is 10.7. The molecule has 0 N–H and O–H groups in total. The van der Waals surface area contributed by atoms with Gasteiger partial charge in [-0.3, -0.25) is 10.1 Å². The summed E-state index contributed by atoms with van der Waals surface area (Å²) in [5.41, 5.74) is 3.08. The predicted molar refractivity (Wildman–Crippen MR) is 76.3 cm³/mol. The number of benzene rings is 2. The van der Waals surface area contributed by atoms with E-state index in [0.29, 0.717) is 6.42 Å². The van der Waals surface area contributed by atoms with Gasteiger partial charge in [0.15, 0.2) is 0 Å². The molecular weight excluding hydrogens is 238 g/mol. The highest BCUT2D eigenvalue weighted by Crippen LogP contribution is 2.15. The molecule has 0 saturated heterocycles. The Morgan fingerprint density at radius 3 is 2.37 bits per heavy atom. The van der Waals surface area contributed by atoms with Crippen LogP contribution in [-0.2, 0) is 6.42 Å². The predicted octanol–water partition coefficient (Wildman–Crippen LogP) is 3.86. The van der Waals surface area contributed by atoms with Crippen molar-refractivity contribution in [3.05, 3.63) is 87.1 Å². The molecule has 0 amide bonds. The molecule has 0 aliphatic heterocycles. The zero-order chi connectivity index (χ0) is 13.7. The van der Waals surface area contributed by atoms with Crippen molar-refractivity contribution in [1.29, 1.82) is 0 Å². The van der Waals surface area contributed by atoms with Crippen LogP contribution in [-0.4, -0.2) is 4.92 Å². The lowest BCUT2D eigenvalue weighted by molar-refractivity contribution is -0.425. The summed E-state index contributed by atoms with van der Waals surface area (Å²) in [6.07, 6.45) is 1.99. The van der Waals surface area contributed by atoms with Gasteiger partial charge >= 0.3 is 0 Å². The lowest BCUT2D eigenvalue weighted by Crippen LogP contribution is -2.02. The van der Waals surface area contributed by atoms with Crippen molar-refractivity contribution in [2.24, 2.45) is 0 Å². The van der Waals surface area contributed by atoms with E-state index in [9.17, 15) is 10.1 Å². The van der Waals surface area contributed by atoms with Gasteiger partial charge in [0.25, 0.3) is 5.70 Å². The highest BCUT2D eigenvalue weighted by molar-refractivity contribution is 5.55. The minimum Gasteiger partial charge on any atom is -0.259 e. The standard InChI is InChI=1S/C16H15NO2/c1-13-7-5-6-10-15(13)12-16(17(18)19)11-14-8-3-2-4-9-14/h2-10,12H,11H2,1H3/b16-12+. The van der Waals surface area contributed by atoms with Gasteiger partial charge in [-0.15, -0.1) is 0 Å². The Balaban J connectivity index is 2.31. The van der Waals surface area contributed by atoms with Crippen LogP contribution in [0.15, 0.2) is 60.3 Å². The minimum atomic E-state index is -0.306. The first-order chi connectivity index (χ1) is 9.16. The number of nitrogens with zero attached hydrogens (tertiary/aromatic N) is 1. The normalized spacial score (nSPS) is 11.3. The molecule has 3 heteroatoms. The molecule has 0 saturated carbocycles. The molecule has 0 bridgehead atoms. The summed E-state index contributed by atoms with van der Waals surface area (Å²) in [6, 6.07) is 17.1. The quantitative estimate of drug-likeness (QED) is 0.613. The highest BCUT2D eigenvalue weighted by Gasteiger charge is 2.12. The molecule has 0 aliphatic rings. The lowest BCUT2D eigenvalue weighted by atomic mass is 10.0. The first-order valence-electron chi connectivity index (χ1n) is 6.11. The van der Waals surface area contributed by atoms with Crippen LogP contribution in [0.2, 0.25) is 0 Å². The third-order valence-corrected chi connectivity index (χ3v) is 2.97. The Kier molecular flexibility index (Phi) is 4.08. The molecule has 96 valence electrons. The minimum absolute atomic E-state index is 0.209. The number of hydrogen-bond acceptors (Lipinski definition) is 2. The van der Waals surface area contributed by atoms with Crippen LogP contribution in [0, 0.1) is 17.0 Å². The number of nitro groups is 1. The van der Waals surface area contributed by atoms with Gasteiger partial charge in [-0.1, -0.05) is 54.6 Å². The largest absolute Gasteiger partial charge is 0.259 e. The van der Waals surface area contributed by atoms with Crippen molar-refractivity contribution in [1.82, 2.24) is 0 Å². The fourth-order valence-electron chi connectivity index (χ4n) is 1.90. The summed E-state index contributed by atoms with van der Waals surface area (Å²) in [6.45, 7) is 1.95. The lowest BCUT2D eigenvalue weighted by Gasteiger charge is -2.02. The van der Waals surface area contributed by atoms with Gasteiger partial charge in [-0.2, -0.15) is 0 Å². The van der Waals surface area contributed by atoms with Crippen LogP contribution >= 0.6 is 0 Å². The molecule has 2 rings (SSSR count). The zero-order valence-electron chi connectivity index (χ0n) is 10.7. The van der Waals surface area contributed by atoms with Crippen molar-refractivity contribution in [3.8, 4) is 0 Å². The van der Waals surface area contributed by atoms with Gasteiger partial charge in [0.05, 0.1) is 11.3 Å². The third kappa shape index (κ3) is 3.52. The molecule has 0 spiro atoms. The van der Waals surface area contributed by atoms with Crippen LogP contribution in [0.5, 0.6) is 0 Å². The maximum absolute atomic E-state index is 11.2. The molecule has 19 heavy (non-hydrogen) atoms. The van der Waals surface area contributed by atoms with E-state index in [1.165, 1.54) is 0 Å². The Labute approximate surface area is 112 Å². The first kappa shape index (κ1) is 13.0. The second-order valence-corrected chi connectivity index (χ2v) is 4.41. The third-order valence-electron chi connectivity index (χ3n) is 2.97. The molecule has 0 atom stereocenters. The second-order valence-electron chi connectivity index (χ2n) is 4.41. The molecule has 2 aromatic rings. The van der Waals surface area contributed by atoms with Crippen molar-refractivity contribution in [2.45, 2.75) is 13.3 Å². The van der Waals surface area contributed by atoms with E-state index in [2.05, 4.69) is 0 Å². The van der Waals surface area contributed by atoms with Gasteiger partial charge in [0.2, 0.25) is 0 Å². The number of allylic oxidation sites excluding steroid dienone is 1. The SMILES string of the molecule is Cc1ccccc1/C=C(\Cc1ccccc1)[N+](=O)[O-]. The van der Waals surface area contributed by atoms with Gasteiger partial charge in [0.1, 0.15) is 0 Å². The second kappa shape index (κ2) is 5.96. The number of hydrogen-bond donors (Lipinski definition) is 0. The first-order valence-corrected chi connectivity index (χ1v) is 6.11. The Morgan fingerprint density at radius 1 is 1.11 bits per heavy atom. The monoisotopic (exact) mass is 253 g/mol. The summed E-state index contributed by atoms with van der Waals surface area (Å²) in [4.78, 5) is 10.9. The number of aryl methyl sites for hydroxylation is 1. The van der Waals surface area contributed by atoms with Crippen LogP contribution in [0.1, 0.15) is 16.7 Å². The van der Waals surface area contributed by atoms with Crippen LogP contribution in [0.3, 0.4) is 0 Å². The van der Waals surface area contributed by atoms with E-state index in [1.807, 2.05) is 61.5 Å². The van der Waals surface area contributed by atoms with Crippen LogP contribution < -0.4 is 0 Å². The van der Waals surface area contributed by atoms with Crippen LogP contribution in [0.25, 0.3) is 6.08 Å². The average Bonchev–Trinajstić information content (AvgIpc) is 2.41. The van der Waals surface area contributed by atoms with Gasteiger partial charge in [-0.25, -0.2) is 0 Å². The summed E-state index contributed by atoms with van der Waals surface area (Å²) in [7, 11) is 0. The van der Waals surface area contributed by atoms with E-state index >= 15 is 0 Å². The summed E-state index contributed by atoms with van der Waals surface area (Å²) >= 11 is 0. The Bertz CT molecular complexity index is 603. The van der Waals surface area contributed by atoms with E-state index in [4.69, 9.17) is 0 Å². The van der Waals surface area contributed by atoms with Crippen molar-refractivity contribution >= 4 is 6.08 Å². The fraction of sp³-hybridized carbons (Fsp3) is 0.125. The number of rotatable bonds is 4. The maximum atomic E-state index is 11.2. The van der Waals surface area contributed by atoms with Crippen molar-refractivity contribution in [3.63, 3.8) is 0 Å². The van der Waals surface area contributed by atoms with Gasteiger partial charge in [0, 0.05) is 6.08 Å². The summed E-state index contributed by atoms with van der Waals surface area (Å²) < 4.78 is 0. The summed E-state index contributed by atoms with van der Waals surface area (Å²) in [5, 5.41) is 11.2. The molecule has 2 aromatic carbocycles. The van der Waals surface area contributed by atoms with E-state index in [0.717, 1.165) is 16.7 Å². The van der Waals surface area contributed by atoms with Gasteiger partial charge in [-0.05, 0) is 23.6 Å². The van der Waals surface area contributed by atoms with Gasteiger partial charge < -0.3 is 0 Å². The van der Waals surface area contributed by atoms with Crippen molar-refractivity contribution < 1.29 is 4.92 Å². The van der Waals surface area contributed by atoms with E-state index in [-0.39, 0.29) is 10.6 Å².